The molecule has 10 heteroatoms. The minimum Gasteiger partial charge on any atom is -0.756 e. The van der Waals surface area contributed by atoms with Gasteiger partial charge in [0.1, 0.15) is 19.8 Å². The Morgan fingerprint density at radius 1 is 0.369 bits per heavy atom. The van der Waals surface area contributed by atoms with Crippen LogP contribution in [0.4, 0.5) is 0 Å². The Labute approximate surface area is 518 Å². The lowest BCUT2D eigenvalue weighted by Crippen LogP contribution is -2.37. The number of hydrogen-bond acceptors (Lipinski definition) is 8. The predicted molar refractivity (Wildman–Crippen MR) is 360 cm³/mol. The van der Waals surface area contributed by atoms with Crippen molar-refractivity contribution in [2.45, 2.75) is 290 Å². The quantitative estimate of drug-likeness (QED) is 0.0195. The second-order valence-electron chi connectivity index (χ2n) is 23.8. The molecule has 0 radical (unpaired) electrons. The first-order valence-corrected chi connectivity index (χ1v) is 35.7. The molecule has 0 saturated heterocycles. The molecule has 2 unspecified atom stereocenters. The van der Waals surface area contributed by atoms with E-state index in [1.54, 1.807) is 0 Å². The topological polar surface area (TPSA) is 111 Å². The monoisotopic (exact) mass is 1190 g/mol. The summed E-state index contributed by atoms with van der Waals surface area (Å²) in [7, 11) is 1.16. The lowest BCUT2D eigenvalue weighted by molar-refractivity contribution is -0.870. The zero-order valence-electron chi connectivity index (χ0n) is 54.8. The molecule has 0 rings (SSSR count). The summed E-state index contributed by atoms with van der Waals surface area (Å²) >= 11 is 0. The Morgan fingerprint density at radius 3 is 0.952 bits per heavy atom. The van der Waals surface area contributed by atoms with Gasteiger partial charge in [0, 0.05) is 12.8 Å². The molecular formula is C74H128NO8P. The van der Waals surface area contributed by atoms with Crippen molar-refractivity contribution < 1.29 is 42.1 Å². The van der Waals surface area contributed by atoms with Crippen LogP contribution in [0.25, 0.3) is 0 Å². The van der Waals surface area contributed by atoms with Gasteiger partial charge in [-0.25, -0.2) is 0 Å². The third-order valence-electron chi connectivity index (χ3n) is 14.5. The van der Waals surface area contributed by atoms with E-state index in [-0.39, 0.29) is 32.0 Å². The van der Waals surface area contributed by atoms with Gasteiger partial charge in [0.15, 0.2) is 6.10 Å². The van der Waals surface area contributed by atoms with Crippen LogP contribution in [-0.2, 0) is 32.7 Å². The molecule has 0 bridgehead atoms. The molecule has 0 amide bonds. The van der Waals surface area contributed by atoms with E-state index in [2.05, 4.69) is 135 Å². The van der Waals surface area contributed by atoms with Crippen molar-refractivity contribution in [2.24, 2.45) is 0 Å². The van der Waals surface area contributed by atoms with Crippen molar-refractivity contribution in [1.29, 1.82) is 0 Å². The summed E-state index contributed by atoms with van der Waals surface area (Å²) in [6.07, 6.45) is 91.2. The van der Waals surface area contributed by atoms with Crippen LogP contribution in [0.5, 0.6) is 0 Å². The molecule has 84 heavy (non-hydrogen) atoms. The summed E-state index contributed by atoms with van der Waals surface area (Å²) in [5.74, 6) is -0.834. The molecule has 482 valence electrons. The van der Waals surface area contributed by atoms with Crippen molar-refractivity contribution in [1.82, 2.24) is 0 Å². The van der Waals surface area contributed by atoms with Crippen LogP contribution in [0.15, 0.2) is 122 Å². The number of allylic oxidation sites excluding steroid dienone is 20. The van der Waals surface area contributed by atoms with Crippen molar-refractivity contribution in [3.05, 3.63) is 122 Å². The zero-order chi connectivity index (χ0) is 61.2. The number of carbonyl (C=O) groups excluding carboxylic acids is 2. The van der Waals surface area contributed by atoms with Gasteiger partial charge >= 0.3 is 11.9 Å². The SMILES string of the molecule is CC/C=C\C/C=C\C/C=C\C/C=C\C/C=C\CCCCCCCCCCCCCCCCCCCC(=O)OC(COC(=O)CCCCCCCCCCCCC/C=C\C/C=C\C/C=C\C/C=C\C/C=C\CC)COP(=O)([O-])OCC[N+](C)(C)C. The number of likely N-dealkylation sites (N-methyl/N-ethyl adjacent to an activating group) is 1. The predicted octanol–water partition coefficient (Wildman–Crippen LogP) is 21.6. The zero-order valence-corrected chi connectivity index (χ0v) is 55.7. The molecule has 0 heterocycles. The van der Waals surface area contributed by atoms with Crippen LogP contribution in [0.3, 0.4) is 0 Å². The van der Waals surface area contributed by atoms with E-state index in [0.29, 0.717) is 17.4 Å². The van der Waals surface area contributed by atoms with E-state index in [1.165, 1.54) is 141 Å². The number of nitrogens with zero attached hydrogens (tertiary/aromatic N) is 1. The van der Waals surface area contributed by atoms with E-state index in [0.717, 1.165) is 109 Å². The fourth-order valence-electron chi connectivity index (χ4n) is 9.30. The Balaban J connectivity index is 4.07. The van der Waals surface area contributed by atoms with Crippen molar-refractivity contribution in [2.75, 3.05) is 47.5 Å². The maximum absolute atomic E-state index is 12.9. The Kier molecular flexibility index (Phi) is 61.2. The van der Waals surface area contributed by atoms with Gasteiger partial charge in [-0.2, -0.15) is 0 Å². The number of hydrogen-bond donors (Lipinski definition) is 0. The van der Waals surface area contributed by atoms with E-state index < -0.39 is 26.5 Å². The lowest BCUT2D eigenvalue weighted by Gasteiger charge is -2.28. The first-order valence-electron chi connectivity index (χ1n) is 34.2. The highest BCUT2D eigenvalue weighted by atomic mass is 31.2. The largest absolute Gasteiger partial charge is 0.756 e. The number of phosphoric acid groups is 1. The number of esters is 2. The standard InChI is InChI=1S/C74H128NO8P/c1-6-8-10-12-14-16-18-20-22-24-26-28-30-32-34-35-36-37-38-39-41-43-45-47-49-51-53-55-57-59-61-63-65-67-74(77)83-72(71-82-84(78,79)81-69-68-75(3,4)5)70-80-73(76)66-64-62-60-58-56-54-52-50-48-46-44-42-40-33-31-29-27-25-23-21-19-17-15-13-11-9-7-2/h8-11,14-17,20-23,26-29,32-34,40,72H,6-7,12-13,18-19,24-25,30-31,35-39,41-71H2,1-5H3/b10-8-,11-9-,16-14-,17-15-,22-20-,23-21-,28-26-,29-27-,34-32-,40-33-. The first-order chi connectivity index (χ1) is 41.0. The molecular weight excluding hydrogens is 1060 g/mol. The summed E-state index contributed by atoms with van der Waals surface area (Å²) < 4.78 is 34.3. The number of unbranched alkanes of at least 4 members (excludes halogenated alkanes) is 28. The van der Waals surface area contributed by atoms with E-state index in [4.69, 9.17) is 18.5 Å². The number of phosphoric ester groups is 1. The van der Waals surface area contributed by atoms with Crippen LogP contribution in [0.2, 0.25) is 0 Å². The smallest absolute Gasteiger partial charge is 0.306 e. The van der Waals surface area contributed by atoms with E-state index >= 15 is 0 Å². The van der Waals surface area contributed by atoms with Gasteiger partial charge in [0.05, 0.1) is 27.7 Å². The first kappa shape index (κ1) is 80.4. The van der Waals surface area contributed by atoms with Crippen LogP contribution < -0.4 is 4.89 Å². The maximum Gasteiger partial charge on any atom is 0.306 e. The molecule has 0 aliphatic carbocycles. The number of rotatable bonds is 62. The Morgan fingerprint density at radius 2 is 0.643 bits per heavy atom. The molecule has 0 aliphatic rings. The maximum atomic E-state index is 12.9. The normalized spacial score (nSPS) is 13.9. The van der Waals surface area contributed by atoms with E-state index in [1.807, 2.05) is 21.1 Å². The summed E-state index contributed by atoms with van der Waals surface area (Å²) in [6, 6.07) is 0. The van der Waals surface area contributed by atoms with Gasteiger partial charge in [-0.1, -0.05) is 289 Å². The third-order valence-corrected chi connectivity index (χ3v) is 15.4. The minimum atomic E-state index is -4.65. The van der Waals surface area contributed by atoms with Crippen LogP contribution in [0.1, 0.15) is 284 Å². The summed E-state index contributed by atoms with van der Waals surface area (Å²) in [4.78, 5) is 38.1. The molecule has 0 fully saturated rings. The van der Waals surface area contributed by atoms with Gasteiger partial charge in [0.2, 0.25) is 0 Å². The van der Waals surface area contributed by atoms with Gasteiger partial charge in [0.25, 0.3) is 7.82 Å². The second kappa shape index (κ2) is 63.9. The fourth-order valence-corrected chi connectivity index (χ4v) is 10.0. The highest BCUT2D eigenvalue weighted by molar-refractivity contribution is 7.45. The van der Waals surface area contributed by atoms with Gasteiger partial charge < -0.3 is 27.9 Å². The molecule has 2 atom stereocenters. The highest BCUT2D eigenvalue weighted by Crippen LogP contribution is 2.38. The highest BCUT2D eigenvalue weighted by Gasteiger charge is 2.22. The molecule has 0 aliphatic heterocycles. The molecule has 0 aromatic carbocycles. The number of quaternary nitrogens is 1. The average molecular weight is 1190 g/mol. The summed E-state index contributed by atoms with van der Waals surface area (Å²) in [5.41, 5.74) is 0. The second-order valence-corrected chi connectivity index (χ2v) is 25.2. The number of carbonyl (C=O) groups is 2. The average Bonchev–Trinajstić information content (AvgIpc) is 3.61. The molecule has 9 nitrogen and oxygen atoms in total. The van der Waals surface area contributed by atoms with Crippen molar-refractivity contribution in [3.63, 3.8) is 0 Å². The Bertz CT molecular complexity index is 1830. The van der Waals surface area contributed by atoms with Crippen LogP contribution in [-0.4, -0.2) is 70.0 Å². The summed E-state index contributed by atoms with van der Waals surface area (Å²) in [5, 5.41) is 0. The van der Waals surface area contributed by atoms with Crippen molar-refractivity contribution >= 4 is 19.8 Å². The van der Waals surface area contributed by atoms with Crippen molar-refractivity contribution in [3.8, 4) is 0 Å². The molecule has 0 aromatic rings. The van der Waals surface area contributed by atoms with Gasteiger partial charge in [-0.15, -0.1) is 0 Å². The molecule has 0 N–H and O–H groups in total. The van der Waals surface area contributed by atoms with Crippen LogP contribution >= 0.6 is 7.82 Å². The molecule has 0 aromatic heterocycles. The van der Waals surface area contributed by atoms with Crippen LogP contribution in [0, 0.1) is 0 Å². The summed E-state index contributed by atoms with van der Waals surface area (Å²) in [6.45, 7) is 4.03. The van der Waals surface area contributed by atoms with E-state index in [9.17, 15) is 19.0 Å². The van der Waals surface area contributed by atoms with Gasteiger partial charge in [-0.05, 0) is 103 Å². The van der Waals surface area contributed by atoms with Gasteiger partial charge in [-0.3, -0.25) is 14.2 Å². The third kappa shape index (κ3) is 67.5. The number of ether oxygens (including phenoxy) is 2. The Hall–Kier alpha value is -3.59. The molecule has 0 saturated carbocycles. The minimum absolute atomic E-state index is 0.0352. The molecule has 0 spiro atoms. The lowest BCUT2D eigenvalue weighted by atomic mass is 10.0. The fraction of sp³-hybridized carbons (Fsp3) is 0.703.